The molecule has 0 radical (unpaired) electrons. The molecule has 27 heavy (non-hydrogen) atoms. The molecule has 1 heterocycles. The Bertz CT molecular complexity index is 1140. The van der Waals surface area contributed by atoms with Crippen molar-refractivity contribution in [1.29, 1.82) is 5.26 Å². The number of hydrogen-bond acceptors (Lipinski definition) is 4. The monoisotopic (exact) mass is 430 g/mol. The maximum absolute atomic E-state index is 12.0. The van der Waals surface area contributed by atoms with Crippen molar-refractivity contribution in [3.05, 3.63) is 89.6 Å². The second-order valence-electron chi connectivity index (χ2n) is 5.26. The van der Waals surface area contributed by atoms with Crippen LogP contribution >= 0.6 is 34.8 Å². The average molecular weight is 432 g/mol. The Morgan fingerprint density at radius 1 is 1.11 bits per heavy atom. The summed E-state index contributed by atoms with van der Waals surface area (Å²) in [5.41, 5.74) is -0.225. The minimum Gasteiger partial charge on any atom is -1.00 e. The van der Waals surface area contributed by atoms with Gasteiger partial charge in [0.25, 0.3) is 5.56 Å². The second kappa shape index (κ2) is 9.07. The summed E-state index contributed by atoms with van der Waals surface area (Å²) < 4.78 is 0.930. The molecule has 0 spiro atoms. The molecule has 0 aliphatic heterocycles. The van der Waals surface area contributed by atoms with Gasteiger partial charge in [-0.25, -0.2) is 4.79 Å². The van der Waals surface area contributed by atoms with Crippen LogP contribution in [0.4, 0.5) is 0 Å². The van der Waals surface area contributed by atoms with E-state index in [0.717, 1.165) is 10.9 Å². The molecule has 1 aromatic heterocycles. The minimum atomic E-state index is -0.786. The number of aromatic amines is 1. The van der Waals surface area contributed by atoms with E-state index in [-0.39, 0.29) is 46.7 Å². The fourth-order valence-corrected chi connectivity index (χ4v) is 3.27. The van der Waals surface area contributed by atoms with E-state index in [2.05, 4.69) is 16.2 Å². The van der Waals surface area contributed by atoms with Gasteiger partial charge in [-0.2, -0.15) is 15.0 Å². The third-order valence-corrected chi connectivity index (χ3v) is 4.65. The summed E-state index contributed by atoms with van der Waals surface area (Å²) in [6, 6.07) is 11.9. The molecular formula is C17H10Cl3N4NaO2. The van der Waals surface area contributed by atoms with E-state index in [9.17, 15) is 14.9 Å². The van der Waals surface area contributed by atoms with Crippen LogP contribution in [0, 0.1) is 11.3 Å². The van der Waals surface area contributed by atoms with Gasteiger partial charge in [0.1, 0.15) is 6.20 Å². The summed E-state index contributed by atoms with van der Waals surface area (Å²) in [5, 5.41) is 14.3. The third-order valence-electron chi connectivity index (χ3n) is 3.67. The zero-order valence-corrected chi connectivity index (χ0v) is 18.2. The van der Waals surface area contributed by atoms with Gasteiger partial charge in [0, 0.05) is 15.6 Å². The first-order valence-corrected chi connectivity index (χ1v) is 8.37. The van der Waals surface area contributed by atoms with Gasteiger partial charge in [-0.05, 0) is 29.8 Å². The number of halogens is 3. The van der Waals surface area contributed by atoms with Crippen molar-refractivity contribution in [1.82, 2.24) is 14.8 Å². The first-order valence-electron chi connectivity index (χ1n) is 7.24. The van der Waals surface area contributed by atoms with Crippen LogP contribution in [0.2, 0.25) is 15.1 Å². The van der Waals surface area contributed by atoms with Gasteiger partial charge >= 0.3 is 35.2 Å². The van der Waals surface area contributed by atoms with Crippen molar-refractivity contribution in [3.8, 4) is 11.8 Å². The summed E-state index contributed by atoms with van der Waals surface area (Å²) in [7, 11) is 0. The number of benzene rings is 2. The number of rotatable bonds is 3. The minimum absolute atomic E-state index is 0. The largest absolute Gasteiger partial charge is 1.00 e. The number of H-pyrrole nitrogens is 1. The Morgan fingerprint density at radius 2 is 1.78 bits per heavy atom. The van der Waals surface area contributed by atoms with Gasteiger partial charge in [-0.1, -0.05) is 46.9 Å². The molecule has 1 atom stereocenters. The van der Waals surface area contributed by atoms with E-state index in [0.29, 0.717) is 16.1 Å². The van der Waals surface area contributed by atoms with E-state index in [4.69, 9.17) is 34.8 Å². The molecule has 0 bridgehead atoms. The maximum Gasteiger partial charge on any atom is 1.00 e. The molecule has 0 aliphatic carbocycles. The molecule has 10 heteroatoms. The number of hydrogen-bond donors (Lipinski definition) is 1. The maximum atomic E-state index is 12.0. The molecule has 2 aromatic carbocycles. The topological polar surface area (TPSA) is 91.5 Å². The molecule has 0 saturated carbocycles. The molecule has 0 fully saturated rings. The van der Waals surface area contributed by atoms with Crippen molar-refractivity contribution >= 4 is 34.8 Å². The molecule has 1 N–H and O–H groups in total. The molecular weight excluding hydrogens is 422 g/mol. The van der Waals surface area contributed by atoms with Crippen molar-refractivity contribution < 1.29 is 31.0 Å². The summed E-state index contributed by atoms with van der Waals surface area (Å²) >= 11 is 18.6. The van der Waals surface area contributed by atoms with E-state index >= 15 is 0 Å². The molecule has 3 aromatic rings. The Balaban J connectivity index is 0.00000196. The standard InChI is InChI=1S/C17H9Cl3N4O2.Na.H/c18-10-3-1-9(2-4-10)11(7-21)15-12(19)5-6-13(16(15)20)24-17(26)23-14(25)8-22-24;;/h1-6,8,11H,(H,23,25,26);;/q;+1;-1. The Morgan fingerprint density at radius 3 is 2.37 bits per heavy atom. The summed E-state index contributed by atoms with van der Waals surface area (Å²) in [5.74, 6) is -0.786. The number of aromatic nitrogens is 3. The summed E-state index contributed by atoms with van der Waals surface area (Å²) in [6.07, 6.45) is 0.951. The zero-order chi connectivity index (χ0) is 18.8. The second-order valence-corrected chi connectivity index (χ2v) is 6.48. The number of nitriles is 1. The molecule has 0 aliphatic rings. The fraction of sp³-hybridized carbons (Fsp3) is 0.0588. The van der Waals surface area contributed by atoms with Crippen LogP contribution in [0.25, 0.3) is 5.69 Å². The van der Waals surface area contributed by atoms with Crippen molar-refractivity contribution in [3.63, 3.8) is 0 Å². The Labute approximate surface area is 192 Å². The Kier molecular flexibility index (Phi) is 7.29. The number of nitrogens with zero attached hydrogens (tertiary/aromatic N) is 3. The van der Waals surface area contributed by atoms with Crippen LogP contribution < -0.4 is 40.8 Å². The van der Waals surface area contributed by atoms with Crippen LogP contribution in [0.5, 0.6) is 0 Å². The molecule has 6 nitrogen and oxygen atoms in total. The van der Waals surface area contributed by atoms with Gasteiger partial charge in [0.15, 0.2) is 0 Å². The van der Waals surface area contributed by atoms with E-state index < -0.39 is 17.2 Å². The molecule has 1 unspecified atom stereocenters. The van der Waals surface area contributed by atoms with Crippen LogP contribution in [0.3, 0.4) is 0 Å². The SMILES string of the molecule is N#CC(c1ccc(Cl)cc1)c1c(Cl)ccc(-n2ncc(=O)[nH]c2=O)c1Cl.[H-].[Na+]. The van der Waals surface area contributed by atoms with Crippen LogP contribution in [0.15, 0.2) is 52.2 Å². The molecule has 0 saturated heterocycles. The van der Waals surface area contributed by atoms with Crippen molar-refractivity contribution in [2.24, 2.45) is 0 Å². The van der Waals surface area contributed by atoms with Crippen LogP contribution in [-0.2, 0) is 0 Å². The van der Waals surface area contributed by atoms with E-state index in [1.807, 2.05) is 0 Å². The van der Waals surface area contributed by atoms with Crippen molar-refractivity contribution in [2.75, 3.05) is 0 Å². The van der Waals surface area contributed by atoms with Gasteiger partial charge in [0.2, 0.25) is 0 Å². The summed E-state index contributed by atoms with van der Waals surface area (Å²) in [6.45, 7) is 0. The average Bonchev–Trinajstić information content (AvgIpc) is 2.61. The predicted molar refractivity (Wildman–Crippen MR) is 100 cm³/mol. The Hall–Kier alpha value is -1.59. The normalized spacial score (nSPS) is 11.3. The van der Waals surface area contributed by atoms with Crippen LogP contribution in [-0.4, -0.2) is 14.8 Å². The predicted octanol–water partition coefficient (Wildman–Crippen LogP) is 0.653. The zero-order valence-electron chi connectivity index (χ0n) is 14.9. The molecule has 0 amide bonds. The van der Waals surface area contributed by atoms with Crippen molar-refractivity contribution in [2.45, 2.75) is 5.92 Å². The third kappa shape index (κ3) is 4.46. The molecule has 132 valence electrons. The number of nitrogens with one attached hydrogen (secondary N) is 1. The molecule has 3 rings (SSSR count). The van der Waals surface area contributed by atoms with Gasteiger partial charge in [-0.15, -0.1) is 0 Å². The quantitative estimate of drug-likeness (QED) is 0.617. The van der Waals surface area contributed by atoms with E-state index in [1.165, 1.54) is 12.1 Å². The fourth-order valence-electron chi connectivity index (χ4n) is 2.47. The van der Waals surface area contributed by atoms with Gasteiger partial charge < -0.3 is 1.43 Å². The first kappa shape index (κ1) is 21.7. The van der Waals surface area contributed by atoms with E-state index in [1.54, 1.807) is 24.3 Å². The summed E-state index contributed by atoms with van der Waals surface area (Å²) in [4.78, 5) is 25.3. The van der Waals surface area contributed by atoms with Gasteiger partial charge in [0.05, 0.1) is 22.7 Å². The van der Waals surface area contributed by atoms with Crippen LogP contribution in [0.1, 0.15) is 18.5 Å². The first-order chi connectivity index (χ1) is 12.4. The van der Waals surface area contributed by atoms with Gasteiger partial charge in [-0.3, -0.25) is 9.78 Å². The smallest absolute Gasteiger partial charge is 1.00 e.